The Hall–Kier alpha value is -4.13. The number of sulfone groups is 2. The predicted molar refractivity (Wildman–Crippen MR) is 169 cm³/mol. The highest BCUT2D eigenvalue weighted by Crippen LogP contribution is 2.39. The molecular formula is C32H37N3O7S2. The van der Waals surface area contributed by atoms with E-state index in [1.54, 1.807) is 12.1 Å². The molecule has 4 rings (SSSR count). The zero-order chi connectivity index (χ0) is 32.8. The van der Waals surface area contributed by atoms with Gasteiger partial charge < -0.3 is 16.2 Å². The van der Waals surface area contributed by atoms with Crippen molar-refractivity contribution in [1.29, 1.82) is 0 Å². The maximum absolute atomic E-state index is 12.2. The molecule has 2 aromatic carbocycles. The van der Waals surface area contributed by atoms with Gasteiger partial charge in [0.1, 0.15) is 0 Å². The SMILES string of the molecule is C#Cc1cc(C2CCCC2)c(S(C)(=O)=O)cc1C(=O)N=C(N)N.C#Cc1cc(C2CCCC2)c(S(C)(=O)=O)cc1C(=O)OC. The van der Waals surface area contributed by atoms with E-state index in [0.29, 0.717) is 16.7 Å². The summed E-state index contributed by atoms with van der Waals surface area (Å²) in [4.78, 5) is 27.7. The normalized spacial score (nSPS) is 15.4. The van der Waals surface area contributed by atoms with Gasteiger partial charge in [0, 0.05) is 23.6 Å². The molecule has 2 fully saturated rings. The summed E-state index contributed by atoms with van der Waals surface area (Å²) in [5.41, 5.74) is 12.7. The molecule has 2 aliphatic carbocycles. The summed E-state index contributed by atoms with van der Waals surface area (Å²) in [5.74, 6) is 3.44. The van der Waals surface area contributed by atoms with Crippen molar-refractivity contribution in [1.82, 2.24) is 0 Å². The molecule has 2 saturated carbocycles. The van der Waals surface area contributed by atoms with Crippen LogP contribution in [-0.4, -0.2) is 54.3 Å². The minimum atomic E-state index is -3.51. The Morgan fingerprint density at radius 2 is 1.16 bits per heavy atom. The summed E-state index contributed by atoms with van der Waals surface area (Å²) in [7, 11) is -5.70. The van der Waals surface area contributed by atoms with E-state index in [0.717, 1.165) is 69.4 Å². The van der Waals surface area contributed by atoms with Crippen molar-refractivity contribution in [3.8, 4) is 24.7 Å². The summed E-state index contributed by atoms with van der Waals surface area (Å²) < 4.78 is 53.1. The number of methoxy groups -OCH3 is 1. The molecule has 0 radical (unpaired) electrons. The van der Waals surface area contributed by atoms with Crippen molar-refractivity contribution in [2.75, 3.05) is 19.6 Å². The number of terminal acetylenes is 2. The van der Waals surface area contributed by atoms with Crippen LogP contribution in [0.1, 0.15) is 106 Å². The third kappa shape index (κ3) is 8.07. The van der Waals surface area contributed by atoms with Crippen LogP contribution in [0, 0.1) is 24.7 Å². The Bertz CT molecular complexity index is 1780. The number of nitrogens with two attached hydrogens (primary N) is 2. The first-order valence-corrected chi connectivity index (χ1v) is 17.8. The molecule has 12 heteroatoms. The third-order valence-corrected chi connectivity index (χ3v) is 10.2. The number of amides is 1. The predicted octanol–water partition coefficient (Wildman–Crippen LogP) is 3.66. The standard InChI is InChI=1S/C16H19N3O3S.C16H18O4S/c1-3-10-8-12(11-6-4-5-7-11)14(23(2,21)22)9-13(10)15(20)19-16(17)18;1-4-11-9-13(12-7-5-6-8-12)15(21(3,18)19)10-14(11)16(17)20-2/h1,8-9,11H,4-7H2,2H3,(H4,17,18,19,20);1,9-10,12H,5-8H2,2-3H3. The molecule has 0 atom stereocenters. The van der Waals surface area contributed by atoms with Crippen LogP contribution in [0.2, 0.25) is 0 Å². The van der Waals surface area contributed by atoms with Crippen LogP contribution in [0.5, 0.6) is 0 Å². The van der Waals surface area contributed by atoms with Gasteiger partial charge in [-0.3, -0.25) is 4.79 Å². The van der Waals surface area contributed by atoms with Gasteiger partial charge in [0.25, 0.3) is 5.91 Å². The summed E-state index contributed by atoms with van der Waals surface area (Å²) in [6, 6.07) is 5.94. The van der Waals surface area contributed by atoms with E-state index in [4.69, 9.17) is 24.3 Å². The zero-order valence-electron chi connectivity index (χ0n) is 25.1. The average molecular weight is 640 g/mol. The highest BCUT2D eigenvalue weighted by atomic mass is 32.2. The Balaban J connectivity index is 0.000000241. The number of nitrogens with zero attached hydrogens (tertiary/aromatic N) is 1. The van der Waals surface area contributed by atoms with Gasteiger partial charge in [-0.15, -0.1) is 12.8 Å². The molecule has 0 heterocycles. The quantitative estimate of drug-likeness (QED) is 0.207. The molecule has 0 aliphatic heterocycles. The van der Waals surface area contributed by atoms with E-state index in [1.807, 2.05) is 0 Å². The topological polar surface area (TPSA) is 176 Å². The van der Waals surface area contributed by atoms with Crippen molar-refractivity contribution < 1.29 is 31.2 Å². The lowest BCUT2D eigenvalue weighted by molar-refractivity contribution is 0.0600. The van der Waals surface area contributed by atoms with Crippen molar-refractivity contribution in [2.45, 2.75) is 73.0 Å². The molecule has 44 heavy (non-hydrogen) atoms. The lowest BCUT2D eigenvalue weighted by Gasteiger charge is -2.16. The molecule has 1 amide bonds. The molecule has 0 aromatic heterocycles. The second-order valence-corrected chi connectivity index (χ2v) is 15.0. The van der Waals surface area contributed by atoms with Gasteiger partial charge in [0.05, 0.1) is 28.0 Å². The van der Waals surface area contributed by atoms with Crippen LogP contribution in [0.4, 0.5) is 0 Å². The monoisotopic (exact) mass is 639 g/mol. The Morgan fingerprint density at radius 1 is 0.773 bits per heavy atom. The number of ether oxygens (including phenoxy) is 1. The third-order valence-electron chi connectivity index (χ3n) is 7.87. The number of carbonyl (C=O) groups is 2. The first kappa shape index (κ1) is 34.4. The molecule has 2 aromatic rings. The van der Waals surface area contributed by atoms with E-state index in [-0.39, 0.29) is 32.8 Å². The van der Waals surface area contributed by atoms with E-state index >= 15 is 0 Å². The largest absolute Gasteiger partial charge is 0.465 e. The van der Waals surface area contributed by atoms with Crippen molar-refractivity contribution in [3.63, 3.8) is 0 Å². The minimum Gasteiger partial charge on any atom is -0.465 e. The molecular weight excluding hydrogens is 603 g/mol. The van der Waals surface area contributed by atoms with Crippen LogP contribution in [0.25, 0.3) is 0 Å². The molecule has 2 aliphatic rings. The highest BCUT2D eigenvalue weighted by Gasteiger charge is 2.28. The van der Waals surface area contributed by atoms with E-state index in [1.165, 1.54) is 19.2 Å². The summed E-state index contributed by atoms with van der Waals surface area (Å²) >= 11 is 0. The number of aliphatic imine (C=N–C) groups is 1. The lowest BCUT2D eigenvalue weighted by Crippen LogP contribution is -2.24. The van der Waals surface area contributed by atoms with E-state index in [2.05, 4.69) is 21.6 Å². The van der Waals surface area contributed by atoms with E-state index < -0.39 is 37.5 Å². The Labute approximate surface area is 259 Å². The number of benzene rings is 2. The van der Waals surface area contributed by atoms with Gasteiger partial charge >= 0.3 is 5.97 Å². The van der Waals surface area contributed by atoms with Crippen LogP contribution >= 0.6 is 0 Å². The Kier molecular flexibility index (Phi) is 11.0. The number of rotatable bonds is 6. The fourth-order valence-corrected chi connectivity index (χ4v) is 7.79. The lowest BCUT2D eigenvalue weighted by atomic mass is 9.93. The first-order valence-electron chi connectivity index (χ1n) is 14.0. The van der Waals surface area contributed by atoms with Crippen LogP contribution in [-0.2, 0) is 24.4 Å². The minimum absolute atomic E-state index is 0.0167. The van der Waals surface area contributed by atoms with Gasteiger partial charge in [-0.25, -0.2) is 21.6 Å². The highest BCUT2D eigenvalue weighted by molar-refractivity contribution is 7.91. The smallest absolute Gasteiger partial charge is 0.339 e. The van der Waals surface area contributed by atoms with E-state index in [9.17, 15) is 26.4 Å². The first-order chi connectivity index (χ1) is 20.6. The number of guanidine groups is 1. The van der Waals surface area contributed by atoms with Crippen molar-refractivity contribution >= 4 is 37.5 Å². The maximum Gasteiger partial charge on any atom is 0.339 e. The summed E-state index contributed by atoms with van der Waals surface area (Å²) in [6.07, 6.45) is 21.2. The number of esters is 1. The molecule has 10 nitrogen and oxygen atoms in total. The number of hydrogen-bond acceptors (Lipinski definition) is 7. The summed E-state index contributed by atoms with van der Waals surface area (Å²) in [6.45, 7) is 0. The maximum atomic E-state index is 12.2. The second kappa shape index (κ2) is 14.1. The van der Waals surface area contributed by atoms with Gasteiger partial charge in [-0.05, 0) is 72.9 Å². The molecule has 234 valence electrons. The average Bonchev–Trinajstić information content (AvgIpc) is 3.69. The van der Waals surface area contributed by atoms with Crippen LogP contribution in [0.3, 0.4) is 0 Å². The second-order valence-electron chi connectivity index (χ2n) is 11.0. The fraction of sp³-hybridized carbons (Fsp3) is 0.406. The van der Waals surface area contributed by atoms with Crippen LogP contribution < -0.4 is 11.5 Å². The van der Waals surface area contributed by atoms with Crippen LogP contribution in [0.15, 0.2) is 39.0 Å². The Morgan fingerprint density at radius 3 is 1.50 bits per heavy atom. The fourth-order valence-electron chi connectivity index (χ4n) is 5.82. The number of hydrogen-bond donors (Lipinski definition) is 2. The zero-order valence-corrected chi connectivity index (χ0v) is 26.7. The van der Waals surface area contributed by atoms with Gasteiger partial charge in [-0.1, -0.05) is 37.5 Å². The number of carbonyl (C=O) groups excluding carboxylic acids is 2. The molecule has 0 unspecified atom stereocenters. The molecule has 0 saturated heterocycles. The van der Waals surface area contributed by atoms with Crippen molar-refractivity contribution in [3.05, 3.63) is 57.6 Å². The van der Waals surface area contributed by atoms with Gasteiger partial charge in [0.15, 0.2) is 25.6 Å². The summed E-state index contributed by atoms with van der Waals surface area (Å²) in [5, 5.41) is 0. The van der Waals surface area contributed by atoms with Gasteiger partial charge in [0.2, 0.25) is 0 Å². The van der Waals surface area contributed by atoms with Crippen molar-refractivity contribution in [2.24, 2.45) is 16.5 Å². The molecule has 0 spiro atoms. The molecule has 0 bridgehead atoms. The molecule has 4 N–H and O–H groups in total. The van der Waals surface area contributed by atoms with Gasteiger partial charge in [-0.2, -0.15) is 4.99 Å².